The van der Waals surface area contributed by atoms with E-state index in [0.29, 0.717) is 11.5 Å². The fraction of sp³-hybridized carbons (Fsp3) is 0.158. The largest absolute Gasteiger partial charge is 0.492 e. The Morgan fingerprint density at radius 3 is 2.44 bits per heavy atom. The van der Waals surface area contributed by atoms with E-state index < -0.39 is 0 Å². The molecule has 0 radical (unpaired) electrons. The summed E-state index contributed by atoms with van der Waals surface area (Å²) in [7, 11) is 0. The molecule has 0 atom stereocenters. The summed E-state index contributed by atoms with van der Waals surface area (Å²) in [4.78, 5) is 26.9. The van der Waals surface area contributed by atoms with Gasteiger partial charge in [0.2, 0.25) is 0 Å². The summed E-state index contributed by atoms with van der Waals surface area (Å²) in [6.45, 7) is 2.74. The Morgan fingerprint density at radius 1 is 1.07 bits per heavy atom. The van der Waals surface area contributed by atoms with Crippen LogP contribution in [0.15, 0.2) is 41.3 Å². The summed E-state index contributed by atoms with van der Waals surface area (Å²) in [5.74, 6) is 0.475. The lowest BCUT2D eigenvalue weighted by Crippen LogP contribution is -2.27. The first-order valence-corrected chi connectivity index (χ1v) is 12.1. The number of carbonyl (C=O) groups excluding carboxylic acids is 2. The van der Waals surface area contributed by atoms with E-state index in [9.17, 15) is 9.59 Å². The normalized spacial score (nSPS) is 15.7. The lowest BCUT2D eigenvalue weighted by atomic mass is 10.1. The molecule has 140 valence electrons. The van der Waals surface area contributed by atoms with Gasteiger partial charge < -0.3 is 4.74 Å². The highest BCUT2D eigenvalue weighted by atomic mass is 127. The van der Waals surface area contributed by atoms with Crippen molar-refractivity contribution in [2.75, 3.05) is 6.61 Å². The number of hydrogen-bond acceptors (Lipinski definition) is 4. The summed E-state index contributed by atoms with van der Waals surface area (Å²) >= 11 is 7.66. The van der Waals surface area contributed by atoms with Crippen molar-refractivity contribution < 1.29 is 14.3 Å². The second kappa shape index (κ2) is 9.44. The number of carbonyl (C=O) groups is 2. The van der Waals surface area contributed by atoms with E-state index in [2.05, 4.69) is 67.8 Å². The quantitative estimate of drug-likeness (QED) is 0.276. The molecular weight excluding hydrogens is 703 g/mol. The average Bonchev–Trinajstić information content (AvgIpc) is 2.87. The van der Waals surface area contributed by atoms with Crippen molar-refractivity contribution >= 4 is 96.8 Å². The van der Waals surface area contributed by atoms with Crippen LogP contribution in [0, 0.1) is 10.7 Å². The zero-order chi connectivity index (χ0) is 19.6. The summed E-state index contributed by atoms with van der Waals surface area (Å²) < 4.78 is 8.89. The molecule has 27 heavy (non-hydrogen) atoms. The molecule has 2 amide bonds. The standard InChI is InChI=1S/C19H14I3NO3S/c1-2-26-17-12(7-14(21)9-15(17)22)8-16-18(24)23(19(25)27-16)10-11-3-5-13(20)6-4-11/h3-9H,2,10H2,1H3/b16-8+. The van der Waals surface area contributed by atoms with Gasteiger partial charge in [0.15, 0.2) is 0 Å². The summed E-state index contributed by atoms with van der Waals surface area (Å²) in [6, 6.07) is 11.8. The molecule has 1 aliphatic rings. The number of thioether (sulfide) groups is 1. The van der Waals surface area contributed by atoms with Crippen LogP contribution in [-0.2, 0) is 11.3 Å². The van der Waals surface area contributed by atoms with Gasteiger partial charge in [0.1, 0.15) is 5.75 Å². The Bertz CT molecular complexity index is 929. The van der Waals surface area contributed by atoms with E-state index >= 15 is 0 Å². The summed E-state index contributed by atoms with van der Waals surface area (Å²) in [5, 5.41) is -0.247. The number of benzene rings is 2. The van der Waals surface area contributed by atoms with Gasteiger partial charge in [-0.25, -0.2) is 0 Å². The van der Waals surface area contributed by atoms with Crippen molar-refractivity contribution in [3.8, 4) is 5.75 Å². The molecular formula is C19H14I3NO3S. The van der Waals surface area contributed by atoms with Gasteiger partial charge in [-0.05, 0) is 122 Å². The molecule has 0 spiro atoms. The van der Waals surface area contributed by atoms with E-state index in [-0.39, 0.29) is 17.7 Å². The molecule has 1 aliphatic heterocycles. The zero-order valence-electron chi connectivity index (χ0n) is 14.2. The van der Waals surface area contributed by atoms with E-state index in [0.717, 1.165) is 39.3 Å². The van der Waals surface area contributed by atoms with E-state index in [1.54, 1.807) is 6.08 Å². The first-order chi connectivity index (χ1) is 12.9. The van der Waals surface area contributed by atoms with Crippen molar-refractivity contribution in [2.24, 2.45) is 0 Å². The van der Waals surface area contributed by atoms with Crippen molar-refractivity contribution in [1.82, 2.24) is 4.90 Å². The van der Waals surface area contributed by atoms with Crippen LogP contribution in [0.3, 0.4) is 0 Å². The van der Waals surface area contributed by atoms with E-state index in [1.807, 2.05) is 43.3 Å². The molecule has 0 aromatic heterocycles. The minimum atomic E-state index is -0.264. The monoisotopic (exact) mass is 717 g/mol. The Labute approximate surface area is 202 Å². The van der Waals surface area contributed by atoms with Gasteiger partial charge >= 0.3 is 0 Å². The van der Waals surface area contributed by atoms with Crippen molar-refractivity contribution in [2.45, 2.75) is 13.5 Å². The second-order valence-corrected chi connectivity index (χ2v) is 10.3. The van der Waals surface area contributed by atoms with Crippen LogP contribution in [0.2, 0.25) is 0 Å². The molecule has 2 aromatic carbocycles. The SMILES string of the molecule is CCOc1c(I)cc(I)cc1/C=C1/SC(=O)N(Cc2ccc(I)cc2)C1=O. The molecule has 1 saturated heterocycles. The Kier molecular flexibility index (Phi) is 7.47. The number of amides is 2. The van der Waals surface area contributed by atoms with Crippen molar-refractivity contribution in [1.29, 1.82) is 0 Å². The molecule has 0 saturated carbocycles. The lowest BCUT2D eigenvalue weighted by Gasteiger charge is -2.13. The first-order valence-electron chi connectivity index (χ1n) is 8.00. The van der Waals surface area contributed by atoms with Gasteiger partial charge in [0.05, 0.1) is 21.6 Å². The zero-order valence-corrected chi connectivity index (χ0v) is 21.5. The molecule has 4 nitrogen and oxygen atoms in total. The van der Waals surface area contributed by atoms with Gasteiger partial charge in [0.25, 0.3) is 11.1 Å². The lowest BCUT2D eigenvalue weighted by molar-refractivity contribution is -0.123. The molecule has 8 heteroatoms. The Morgan fingerprint density at radius 2 is 1.78 bits per heavy atom. The first kappa shape index (κ1) is 21.4. The number of nitrogens with zero attached hydrogens (tertiary/aromatic N) is 1. The van der Waals surface area contributed by atoms with Gasteiger partial charge in [0, 0.05) is 12.7 Å². The maximum absolute atomic E-state index is 12.8. The topological polar surface area (TPSA) is 46.6 Å². The van der Waals surface area contributed by atoms with Crippen molar-refractivity contribution in [3.63, 3.8) is 0 Å². The highest BCUT2D eigenvalue weighted by Gasteiger charge is 2.35. The van der Waals surface area contributed by atoms with Crippen LogP contribution in [0.1, 0.15) is 18.1 Å². The summed E-state index contributed by atoms with van der Waals surface area (Å²) in [5.41, 5.74) is 1.74. The predicted molar refractivity (Wildman–Crippen MR) is 134 cm³/mol. The third kappa shape index (κ3) is 5.18. The maximum Gasteiger partial charge on any atom is 0.293 e. The van der Waals surface area contributed by atoms with Gasteiger partial charge in [-0.2, -0.15) is 0 Å². The minimum Gasteiger partial charge on any atom is -0.492 e. The average molecular weight is 717 g/mol. The van der Waals surface area contributed by atoms with Crippen LogP contribution >= 0.6 is 79.5 Å². The number of hydrogen-bond donors (Lipinski definition) is 0. The highest BCUT2D eigenvalue weighted by molar-refractivity contribution is 14.1. The highest BCUT2D eigenvalue weighted by Crippen LogP contribution is 2.36. The number of ether oxygens (including phenoxy) is 1. The number of halogens is 3. The van der Waals surface area contributed by atoms with E-state index in [1.165, 1.54) is 4.90 Å². The van der Waals surface area contributed by atoms with Gasteiger partial charge in [-0.1, -0.05) is 12.1 Å². The molecule has 2 aromatic rings. The molecule has 1 heterocycles. The predicted octanol–water partition coefficient (Wildman–Crippen LogP) is 6.14. The molecule has 0 aliphatic carbocycles. The number of rotatable bonds is 5. The van der Waals surface area contributed by atoms with Crippen LogP contribution in [-0.4, -0.2) is 22.7 Å². The van der Waals surface area contributed by atoms with Gasteiger partial charge in [-0.15, -0.1) is 0 Å². The molecule has 0 unspecified atom stereocenters. The molecule has 1 fully saturated rings. The Hall–Kier alpha value is -0.340. The Balaban J connectivity index is 1.89. The number of imide groups is 1. The van der Waals surface area contributed by atoms with Crippen LogP contribution < -0.4 is 4.74 Å². The van der Waals surface area contributed by atoms with Gasteiger partial charge in [-0.3, -0.25) is 14.5 Å². The third-order valence-corrected chi connectivity index (χ3v) is 6.79. The third-order valence-electron chi connectivity index (χ3n) is 3.74. The second-order valence-electron chi connectivity index (χ2n) is 5.63. The molecule has 0 bridgehead atoms. The maximum atomic E-state index is 12.8. The van der Waals surface area contributed by atoms with E-state index in [4.69, 9.17) is 4.74 Å². The van der Waals surface area contributed by atoms with Crippen molar-refractivity contribution in [3.05, 3.63) is 63.1 Å². The van der Waals surface area contributed by atoms with Crippen LogP contribution in [0.4, 0.5) is 4.79 Å². The van der Waals surface area contributed by atoms with Crippen LogP contribution in [0.5, 0.6) is 5.75 Å². The minimum absolute atomic E-state index is 0.247. The fourth-order valence-electron chi connectivity index (χ4n) is 2.53. The fourth-order valence-corrected chi connectivity index (χ4v) is 5.77. The molecule has 3 rings (SSSR count). The summed E-state index contributed by atoms with van der Waals surface area (Å²) in [6.07, 6.45) is 1.76. The smallest absolute Gasteiger partial charge is 0.293 e. The molecule has 0 N–H and O–H groups in total. The van der Waals surface area contributed by atoms with Crippen LogP contribution in [0.25, 0.3) is 6.08 Å².